The van der Waals surface area contributed by atoms with Crippen molar-refractivity contribution in [3.05, 3.63) is 93.5 Å². The molecule has 6 nitrogen and oxygen atoms in total. The van der Waals surface area contributed by atoms with E-state index in [1.54, 1.807) is 6.07 Å². The lowest BCUT2D eigenvalue weighted by atomic mass is 9.88. The van der Waals surface area contributed by atoms with Gasteiger partial charge in [0.2, 0.25) is 0 Å². The van der Waals surface area contributed by atoms with E-state index in [9.17, 15) is 14.7 Å². The molecular formula is C36H45ClN2O4. The molecule has 1 heterocycles. The zero-order chi connectivity index (χ0) is 31.3. The van der Waals surface area contributed by atoms with Gasteiger partial charge in [-0.3, -0.25) is 4.79 Å². The van der Waals surface area contributed by atoms with Gasteiger partial charge >= 0.3 is 5.97 Å². The molecule has 0 aromatic heterocycles. The molecule has 0 fully saturated rings. The average molecular weight is 605 g/mol. The lowest BCUT2D eigenvalue weighted by Gasteiger charge is -2.29. The van der Waals surface area contributed by atoms with Crippen molar-refractivity contribution in [2.75, 3.05) is 11.4 Å². The van der Waals surface area contributed by atoms with Crippen LogP contribution in [0.25, 0.3) is 0 Å². The molecular weight excluding hydrogens is 560 g/mol. The van der Waals surface area contributed by atoms with Crippen molar-refractivity contribution in [2.45, 2.75) is 91.3 Å². The number of hydrogen-bond acceptors (Lipinski definition) is 4. The molecule has 1 amide bonds. The maximum atomic E-state index is 13.4. The second-order valence-corrected chi connectivity index (χ2v) is 12.7. The van der Waals surface area contributed by atoms with Crippen LogP contribution >= 0.6 is 11.6 Å². The van der Waals surface area contributed by atoms with Crippen LogP contribution in [0.15, 0.2) is 60.7 Å². The van der Waals surface area contributed by atoms with Gasteiger partial charge < -0.3 is 20.1 Å². The van der Waals surface area contributed by atoms with Crippen LogP contribution in [0, 0.1) is 5.92 Å². The summed E-state index contributed by atoms with van der Waals surface area (Å²) < 4.78 is 5.62. The van der Waals surface area contributed by atoms with Crippen LogP contribution in [-0.2, 0) is 17.6 Å². The van der Waals surface area contributed by atoms with Crippen LogP contribution in [0.2, 0.25) is 5.02 Å². The number of carbonyl (C=O) groups is 2. The Morgan fingerprint density at radius 3 is 2.35 bits per heavy atom. The third-order valence-electron chi connectivity index (χ3n) is 8.39. The van der Waals surface area contributed by atoms with E-state index in [0.717, 1.165) is 36.2 Å². The zero-order valence-corrected chi connectivity index (χ0v) is 26.9. The minimum absolute atomic E-state index is 0.0852. The molecule has 1 aliphatic rings. The summed E-state index contributed by atoms with van der Waals surface area (Å²) in [5.74, 6) is -0.130. The van der Waals surface area contributed by atoms with Crippen molar-refractivity contribution in [3.63, 3.8) is 0 Å². The number of anilines is 1. The van der Waals surface area contributed by atoms with Crippen LogP contribution in [-0.4, -0.2) is 35.7 Å². The summed E-state index contributed by atoms with van der Waals surface area (Å²) in [5.41, 5.74) is 6.38. The standard InChI is InChI=1S/C36H45ClN2O4/c1-7-8-9-26-10-13-28(14-11-26)23(4)38-35(40)29-15-16-30-31(24(5)39(21-22(2)3)33(30)20-29)18-27-12-17-32(37)34(19-27)43-25(6)36(41)42/h10-17,19-20,22-25,31H,7-9,18,21H2,1-6H3,(H,38,40)(H,41,42)/t23-,24?,25+,31?/m0/s1. The predicted molar refractivity (Wildman–Crippen MR) is 175 cm³/mol. The normalized spacial score (nSPS) is 17.4. The van der Waals surface area contributed by atoms with Crippen molar-refractivity contribution < 1.29 is 19.4 Å². The van der Waals surface area contributed by atoms with E-state index in [4.69, 9.17) is 16.3 Å². The summed E-state index contributed by atoms with van der Waals surface area (Å²) >= 11 is 6.33. The Bertz CT molecular complexity index is 1420. The smallest absolute Gasteiger partial charge is 0.344 e. The van der Waals surface area contributed by atoms with Crippen LogP contribution in [0.5, 0.6) is 5.75 Å². The molecule has 3 aromatic carbocycles. The minimum atomic E-state index is -1.04. The van der Waals surface area contributed by atoms with Crippen molar-refractivity contribution in [2.24, 2.45) is 5.92 Å². The third-order valence-corrected chi connectivity index (χ3v) is 8.70. The number of unbranched alkanes of at least 4 members (excludes halogenated alkanes) is 1. The highest BCUT2D eigenvalue weighted by Gasteiger charge is 2.36. The second-order valence-electron chi connectivity index (χ2n) is 12.3. The van der Waals surface area contributed by atoms with E-state index in [-0.39, 0.29) is 23.9 Å². The Hall–Kier alpha value is -3.51. The summed E-state index contributed by atoms with van der Waals surface area (Å²) in [6.45, 7) is 13.2. The molecule has 43 heavy (non-hydrogen) atoms. The zero-order valence-electron chi connectivity index (χ0n) is 26.2. The molecule has 0 spiro atoms. The highest BCUT2D eigenvalue weighted by Crippen LogP contribution is 2.44. The predicted octanol–water partition coefficient (Wildman–Crippen LogP) is 8.22. The SMILES string of the molecule is CCCCc1ccc([C@H](C)NC(=O)c2ccc3c(c2)N(CC(C)C)C(C)C3Cc2ccc(Cl)c(O[C@H](C)C(=O)O)c2)cc1. The van der Waals surface area contributed by atoms with Crippen LogP contribution in [0.4, 0.5) is 5.69 Å². The largest absolute Gasteiger partial charge is 0.479 e. The van der Waals surface area contributed by atoms with Gasteiger partial charge in [0.1, 0.15) is 5.75 Å². The average Bonchev–Trinajstić information content (AvgIpc) is 3.22. The quantitative estimate of drug-likeness (QED) is 0.205. The molecule has 2 unspecified atom stereocenters. The highest BCUT2D eigenvalue weighted by atomic mass is 35.5. The fourth-order valence-corrected chi connectivity index (χ4v) is 6.02. The summed E-state index contributed by atoms with van der Waals surface area (Å²) in [6.07, 6.45) is 3.16. The van der Waals surface area contributed by atoms with Gasteiger partial charge in [-0.2, -0.15) is 0 Å². The van der Waals surface area contributed by atoms with Gasteiger partial charge in [0.15, 0.2) is 6.10 Å². The number of hydrogen-bond donors (Lipinski definition) is 2. The maximum absolute atomic E-state index is 13.4. The van der Waals surface area contributed by atoms with Gasteiger partial charge in [-0.25, -0.2) is 4.79 Å². The number of aliphatic carboxylic acids is 1. The fourth-order valence-electron chi connectivity index (χ4n) is 5.86. The number of carboxylic acid groups (broad SMARTS) is 1. The number of aryl methyl sites for hydroxylation is 1. The molecule has 1 aliphatic heterocycles. The lowest BCUT2D eigenvalue weighted by molar-refractivity contribution is -0.144. The first-order valence-corrected chi connectivity index (χ1v) is 15.8. The summed E-state index contributed by atoms with van der Waals surface area (Å²) in [7, 11) is 0. The van der Waals surface area contributed by atoms with Crippen LogP contribution in [0.3, 0.4) is 0 Å². The topological polar surface area (TPSA) is 78.9 Å². The number of carbonyl (C=O) groups excluding carboxylic acids is 1. The summed E-state index contributed by atoms with van der Waals surface area (Å²) in [5, 5.41) is 12.9. The van der Waals surface area contributed by atoms with Crippen molar-refractivity contribution >= 4 is 29.2 Å². The van der Waals surface area contributed by atoms with E-state index in [2.05, 4.69) is 68.2 Å². The highest BCUT2D eigenvalue weighted by molar-refractivity contribution is 6.32. The molecule has 230 valence electrons. The first-order valence-electron chi connectivity index (χ1n) is 15.5. The number of ether oxygens (including phenoxy) is 1. The second kappa shape index (κ2) is 14.3. The van der Waals surface area contributed by atoms with Gasteiger partial charge in [-0.15, -0.1) is 0 Å². The molecule has 7 heteroatoms. The van der Waals surface area contributed by atoms with Crippen molar-refractivity contribution in [3.8, 4) is 5.75 Å². The number of halogens is 1. The maximum Gasteiger partial charge on any atom is 0.344 e. The molecule has 0 aliphatic carbocycles. The van der Waals surface area contributed by atoms with E-state index in [1.807, 2.05) is 31.2 Å². The Balaban J connectivity index is 1.55. The van der Waals surface area contributed by atoms with Gasteiger partial charge in [0, 0.05) is 29.8 Å². The molecule has 4 atom stereocenters. The molecule has 3 aromatic rings. The van der Waals surface area contributed by atoms with Crippen LogP contribution in [0.1, 0.15) is 99.0 Å². The van der Waals surface area contributed by atoms with Gasteiger partial charge in [0.25, 0.3) is 5.91 Å². The first-order chi connectivity index (χ1) is 20.5. The Kier molecular flexibility index (Phi) is 10.8. The third kappa shape index (κ3) is 7.91. The van der Waals surface area contributed by atoms with E-state index < -0.39 is 12.1 Å². The van der Waals surface area contributed by atoms with Crippen molar-refractivity contribution in [1.29, 1.82) is 0 Å². The minimum Gasteiger partial charge on any atom is -0.479 e. The fraction of sp³-hybridized carbons (Fsp3) is 0.444. The Labute approximate surface area is 261 Å². The number of fused-ring (bicyclic) bond motifs is 1. The molecule has 0 saturated heterocycles. The number of carboxylic acids is 1. The van der Waals surface area contributed by atoms with Gasteiger partial charge in [0.05, 0.1) is 11.1 Å². The molecule has 4 rings (SSSR count). The van der Waals surface area contributed by atoms with E-state index >= 15 is 0 Å². The van der Waals surface area contributed by atoms with Crippen LogP contribution < -0.4 is 15.0 Å². The van der Waals surface area contributed by atoms with Crippen molar-refractivity contribution in [1.82, 2.24) is 5.32 Å². The monoisotopic (exact) mass is 604 g/mol. The summed E-state index contributed by atoms with van der Waals surface area (Å²) in [4.78, 5) is 27.2. The number of nitrogens with zero attached hydrogens (tertiary/aromatic N) is 1. The molecule has 0 bridgehead atoms. The Morgan fingerprint density at radius 2 is 1.70 bits per heavy atom. The number of benzene rings is 3. The van der Waals surface area contributed by atoms with Gasteiger partial charge in [-0.05, 0) is 92.5 Å². The molecule has 2 N–H and O–H groups in total. The summed E-state index contributed by atoms with van der Waals surface area (Å²) in [6, 6.07) is 20.3. The van der Waals surface area contributed by atoms with E-state index in [1.165, 1.54) is 30.9 Å². The number of rotatable bonds is 13. The number of nitrogens with one attached hydrogen (secondary N) is 1. The molecule has 0 saturated carbocycles. The van der Waals surface area contributed by atoms with Gasteiger partial charge in [-0.1, -0.05) is 75.2 Å². The first kappa shape index (κ1) is 32.4. The number of amides is 1. The molecule has 0 radical (unpaired) electrons. The lowest BCUT2D eigenvalue weighted by Crippen LogP contribution is -2.35. The Morgan fingerprint density at radius 1 is 1.00 bits per heavy atom. The van der Waals surface area contributed by atoms with E-state index in [0.29, 0.717) is 22.3 Å².